The summed E-state index contributed by atoms with van der Waals surface area (Å²) in [6, 6.07) is 6.30. The van der Waals surface area contributed by atoms with Crippen molar-refractivity contribution in [2.75, 3.05) is 91.1 Å². The zero-order chi connectivity index (χ0) is 49.3. The Labute approximate surface area is 400 Å². The second-order valence-corrected chi connectivity index (χ2v) is 21.8. The average Bonchev–Trinajstić information content (AvgIpc) is 3.58. The van der Waals surface area contributed by atoms with Gasteiger partial charge in [-0.15, -0.1) is 0 Å². The molecule has 0 N–H and O–H groups in total. The van der Waals surface area contributed by atoms with E-state index in [0.29, 0.717) is 49.9 Å². The van der Waals surface area contributed by atoms with E-state index in [9.17, 15) is 39.5 Å². The highest BCUT2D eigenvalue weighted by molar-refractivity contribution is 8.76. The molecule has 0 saturated heterocycles. The van der Waals surface area contributed by atoms with Crippen molar-refractivity contribution in [1.82, 2.24) is 4.90 Å². The number of nitrogens with zero attached hydrogens (tertiary/aromatic N) is 1. The van der Waals surface area contributed by atoms with Crippen LogP contribution in [0.4, 0.5) is 39.5 Å². The minimum Gasteiger partial charge on any atom is -0.491 e. The lowest BCUT2D eigenvalue weighted by Crippen LogP contribution is -2.67. The molecule has 0 heterocycles. The molecule has 0 aliphatic heterocycles. The molecule has 1 aromatic rings. The van der Waals surface area contributed by atoms with Crippen LogP contribution in [0, 0.1) is 23.2 Å². The lowest BCUT2D eigenvalue weighted by atomic mass is 9.55. The zero-order valence-corrected chi connectivity index (χ0v) is 41.9. The summed E-state index contributed by atoms with van der Waals surface area (Å²) in [6.07, 6.45) is -11.5. The van der Waals surface area contributed by atoms with Gasteiger partial charge in [-0.25, -0.2) is 0 Å². The summed E-state index contributed by atoms with van der Waals surface area (Å²) in [5.41, 5.74) is -3.95. The number of fused-ring (bicyclic) bond motifs is 5. The van der Waals surface area contributed by atoms with Crippen LogP contribution in [0.5, 0.6) is 5.75 Å². The van der Waals surface area contributed by atoms with E-state index in [2.05, 4.69) is 63.4 Å². The summed E-state index contributed by atoms with van der Waals surface area (Å²) >= 11 is 0. The summed E-state index contributed by atoms with van der Waals surface area (Å²) in [5.74, 6) is 4.31. The Morgan fingerprint density at radius 1 is 0.701 bits per heavy atom. The third kappa shape index (κ3) is 17.2. The normalized spacial score (nSPS) is 22.6. The Morgan fingerprint density at radius 2 is 1.34 bits per heavy atom. The monoisotopic (exact) mass is 1010 g/mol. The van der Waals surface area contributed by atoms with Gasteiger partial charge in [0.1, 0.15) is 12.4 Å². The second kappa shape index (κ2) is 27.6. The Kier molecular flexibility index (Phi) is 24.0. The summed E-state index contributed by atoms with van der Waals surface area (Å²) < 4.78 is 158. The molecule has 3 aliphatic rings. The average molecular weight is 1010 g/mol. The largest absolute Gasteiger partial charge is 0.491 e. The lowest BCUT2D eigenvalue weighted by Gasteiger charge is -2.50. The van der Waals surface area contributed by atoms with Crippen molar-refractivity contribution in [3.8, 4) is 5.75 Å². The molecule has 5 unspecified atom stereocenters. The fourth-order valence-corrected chi connectivity index (χ4v) is 12.0. The predicted molar refractivity (Wildman–Crippen MR) is 246 cm³/mol. The van der Waals surface area contributed by atoms with Crippen LogP contribution in [-0.2, 0) is 34.8 Å². The molecule has 0 amide bonds. The smallest absolute Gasteiger partial charge is 0.435 e. The summed E-state index contributed by atoms with van der Waals surface area (Å²) in [5, 5.41) is 0. The molecular formula is C48H76F9NO7S2. The molecule has 0 aromatic heterocycles. The molecule has 2 saturated carbocycles. The van der Waals surface area contributed by atoms with Gasteiger partial charge in [-0.05, 0) is 158 Å². The fourth-order valence-electron chi connectivity index (χ4n) is 10.0. The summed E-state index contributed by atoms with van der Waals surface area (Å²) in [7, 11) is 5.92. The molecule has 67 heavy (non-hydrogen) atoms. The maximum absolute atomic E-state index is 13.2. The highest BCUT2D eigenvalue weighted by Crippen LogP contribution is 2.62. The van der Waals surface area contributed by atoms with Crippen molar-refractivity contribution in [3.63, 3.8) is 0 Å². The molecule has 8 nitrogen and oxygen atoms in total. The topological polar surface area (TPSA) is 67.9 Å². The Bertz CT molecular complexity index is 1510. The van der Waals surface area contributed by atoms with Crippen molar-refractivity contribution in [1.29, 1.82) is 0 Å². The minimum absolute atomic E-state index is 0.225. The Hall–Kier alpha value is -1.19. The van der Waals surface area contributed by atoms with E-state index in [-0.39, 0.29) is 30.3 Å². The maximum Gasteiger partial charge on any atom is 0.435 e. The first-order valence-corrected chi connectivity index (χ1v) is 26.6. The molecule has 4 rings (SSSR count). The van der Waals surface area contributed by atoms with Gasteiger partial charge >= 0.3 is 24.1 Å². The first-order chi connectivity index (χ1) is 31.6. The quantitative estimate of drug-likeness (QED) is 0.0396. The number of benzene rings is 1. The molecule has 0 bridgehead atoms. The van der Waals surface area contributed by atoms with Crippen molar-refractivity contribution in [2.24, 2.45) is 23.2 Å². The number of halogens is 9. The van der Waals surface area contributed by atoms with E-state index in [1.54, 1.807) is 0 Å². The number of alkyl halides is 9. The van der Waals surface area contributed by atoms with Gasteiger partial charge in [-0.2, -0.15) is 39.5 Å². The number of hydrogen-bond acceptors (Lipinski definition) is 10. The molecule has 19 heteroatoms. The van der Waals surface area contributed by atoms with Crippen molar-refractivity contribution < 1.29 is 72.7 Å². The van der Waals surface area contributed by atoms with Gasteiger partial charge < -0.3 is 38.1 Å². The standard InChI is InChI=1S/C48H76F9NO7S2/c1-34(2)63-32-36(33-64-35(3)4)11-7-22-60-28-30-67-66-29-9-21-58(6)20-8-23-59-26-27-61-38-13-15-39-37(31-38)12-14-41-40(39)18-19-44(5)42(41)16-17-43(44)62-24-10-25-65-45(46(49,50)51,47(52,53)54)48(55,56)57/h13,15,31,34-36,40-43H,7-12,14,16-30,32-33H2,1-6H3. The summed E-state index contributed by atoms with van der Waals surface area (Å²) in [6.45, 7) is 15.2. The van der Waals surface area contributed by atoms with E-state index >= 15 is 0 Å². The molecule has 0 radical (unpaired) electrons. The van der Waals surface area contributed by atoms with Crippen LogP contribution in [-0.4, -0.2) is 138 Å². The summed E-state index contributed by atoms with van der Waals surface area (Å²) in [4.78, 5) is 2.34. The third-order valence-corrected chi connectivity index (χ3v) is 15.9. The van der Waals surface area contributed by atoms with Crippen LogP contribution in [0.15, 0.2) is 18.2 Å². The van der Waals surface area contributed by atoms with Crippen molar-refractivity contribution in [2.45, 2.75) is 154 Å². The molecule has 5 atom stereocenters. The predicted octanol–water partition coefficient (Wildman–Crippen LogP) is 12.5. The SMILES string of the molecule is CC(C)OCC(CCCOCCSSCCCN(C)CCCOCCOc1ccc2c(c1)CCC1C2CCC2(C)C(OCCCOC(C(F)(F)F)(C(F)(F)F)C(F)(F)F)CCC12)COC(C)C. The number of aryl methyl sites for hydroxylation is 1. The molecule has 2 fully saturated rings. The van der Waals surface area contributed by atoms with E-state index in [0.717, 1.165) is 115 Å². The van der Waals surface area contributed by atoms with Gasteiger partial charge in [0.05, 0.1) is 51.3 Å². The Morgan fingerprint density at radius 3 is 2.01 bits per heavy atom. The highest BCUT2D eigenvalue weighted by Gasteiger charge is 2.85. The minimum atomic E-state index is -6.74. The van der Waals surface area contributed by atoms with Crippen LogP contribution in [0.2, 0.25) is 0 Å². The van der Waals surface area contributed by atoms with Crippen LogP contribution in [0.25, 0.3) is 0 Å². The van der Waals surface area contributed by atoms with Gasteiger partial charge in [-0.1, -0.05) is 34.6 Å². The van der Waals surface area contributed by atoms with Crippen molar-refractivity contribution in [3.05, 3.63) is 29.3 Å². The van der Waals surface area contributed by atoms with E-state index in [1.165, 1.54) is 11.1 Å². The lowest BCUT2D eigenvalue weighted by molar-refractivity contribution is -0.457. The van der Waals surface area contributed by atoms with E-state index in [1.807, 2.05) is 27.7 Å². The molecular weight excluding hydrogens is 938 g/mol. The molecule has 390 valence electrons. The first-order valence-electron chi connectivity index (χ1n) is 24.1. The maximum atomic E-state index is 13.2. The van der Waals surface area contributed by atoms with E-state index < -0.39 is 37.2 Å². The van der Waals surface area contributed by atoms with Gasteiger partial charge in [0.2, 0.25) is 0 Å². The van der Waals surface area contributed by atoms with Crippen LogP contribution < -0.4 is 4.74 Å². The number of hydrogen-bond donors (Lipinski definition) is 0. The zero-order valence-electron chi connectivity index (χ0n) is 40.3. The Balaban J connectivity index is 1.03. The van der Waals surface area contributed by atoms with E-state index in [4.69, 9.17) is 28.4 Å². The van der Waals surface area contributed by atoms with Crippen LogP contribution in [0.1, 0.15) is 116 Å². The molecule has 0 spiro atoms. The number of ether oxygens (including phenoxy) is 7. The first kappa shape index (κ1) is 58.4. The fraction of sp³-hybridized carbons (Fsp3) is 0.875. The second-order valence-electron chi connectivity index (χ2n) is 19.1. The third-order valence-electron chi connectivity index (χ3n) is 13.5. The van der Waals surface area contributed by atoms with Gasteiger partial charge in [0, 0.05) is 43.8 Å². The van der Waals surface area contributed by atoms with Gasteiger partial charge in [-0.3, -0.25) is 0 Å². The molecule has 1 aromatic carbocycles. The van der Waals surface area contributed by atoms with Crippen molar-refractivity contribution >= 4 is 21.6 Å². The molecule has 3 aliphatic carbocycles. The number of rotatable bonds is 32. The van der Waals surface area contributed by atoms with Gasteiger partial charge in [0.15, 0.2) is 0 Å². The highest BCUT2D eigenvalue weighted by atomic mass is 33.1. The van der Waals surface area contributed by atoms with Crippen LogP contribution >= 0.6 is 21.6 Å². The van der Waals surface area contributed by atoms with Gasteiger partial charge in [0.25, 0.3) is 0 Å². The van der Waals surface area contributed by atoms with Crippen LogP contribution in [0.3, 0.4) is 0 Å².